The fourth-order valence-electron chi connectivity index (χ4n) is 5.93. The standard InChI is InChI=1S/C36H44N6O9/c1-22-14-31(50-34-17-27(44)16-32(51-34)36(47)48)30(18-28(22)38-19-26-6-3-4-12-42(26)21-43)49-13-5-7-33(45)39-25-15-29(41(2)20-25)35(46)40-24-10-8-23(37)9-11-24/h8-11,14-15,18-21,26-27,32,34,44H,3-7,12-13,16-17,37H2,1-2H3,(H,39,45)(H,40,46)(H,47,48). The third kappa shape index (κ3) is 10.1. The molecule has 0 spiro atoms. The van der Waals surface area contributed by atoms with Gasteiger partial charge in [-0.2, -0.15) is 0 Å². The molecular weight excluding hydrogens is 660 g/mol. The van der Waals surface area contributed by atoms with Crippen LogP contribution in [-0.2, 0) is 26.2 Å². The van der Waals surface area contributed by atoms with Gasteiger partial charge in [-0.05, 0) is 74.6 Å². The molecule has 51 heavy (non-hydrogen) atoms. The van der Waals surface area contributed by atoms with E-state index in [0.29, 0.717) is 47.2 Å². The van der Waals surface area contributed by atoms with Crippen molar-refractivity contribution in [3.05, 3.63) is 59.9 Å². The van der Waals surface area contributed by atoms with Gasteiger partial charge in [0.1, 0.15) is 5.69 Å². The first-order valence-electron chi connectivity index (χ1n) is 16.9. The van der Waals surface area contributed by atoms with Gasteiger partial charge in [0.15, 0.2) is 17.6 Å². The Morgan fingerprint density at radius 3 is 2.61 bits per heavy atom. The molecule has 2 fully saturated rings. The van der Waals surface area contributed by atoms with Gasteiger partial charge in [-0.1, -0.05) is 0 Å². The minimum absolute atomic E-state index is 0.0482. The number of nitrogens with two attached hydrogens (primary N) is 1. The molecule has 4 atom stereocenters. The van der Waals surface area contributed by atoms with Crippen LogP contribution in [-0.4, -0.2) is 87.8 Å². The summed E-state index contributed by atoms with van der Waals surface area (Å²) >= 11 is 0. The van der Waals surface area contributed by atoms with Crippen LogP contribution in [0.2, 0.25) is 0 Å². The van der Waals surface area contributed by atoms with Gasteiger partial charge in [0.25, 0.3) is 5.91 Å². The van der Waals surface area contributed by atoms with E-state index >= 15 is 0 Å². The third-order valence-corrected chi connectivity index (χ3v) is 8.67. The van der Waals surface area contributed by atoms with E-state index in [-0.39, 0.29) is 49.5 Å². The number of aliphatic imine (C=N–C) groups is 1. The maximum Gasteiger partial charge on any atom is 0.333 e. The molecule has 2 saturated heterocycles. The fraction of sp³-hybridized carbons (Fsp3) is 0.417. The predicted molar refractivity (Wildman–Crippen MR) is 189 cm³/mol. The van der Waals surface area contributed by atoms with Crippen LogP contribution in [0.4, 0.5) is 22.7 Å². The Kier molecular flexibility index (Phi) is 12.3. The number of ether oxygens (including phenoxy) is 3. The second-order valence-corrected chi connectivity index (χ2v) is 12.7. The number of aryl methyl sites for hydroxylation is 2. The molecule has 272 valence electrons. The van der Waals surface area contributed by atoms with Crippen molar-refractivity contribution in [1.29, 1.82) is 0 Å². The van der Waals surface area contributed by atoms with Gasteiger partial charge in [0.05, 0.1) is 30.1 Å². The number of hydrogen-bond donors (Lipinski definition) is 5. The molecular formula is C36H44N6O9. The molecule has 15 heteroatoms. The number of anilines is 3. The van der Waals surface area contributed by atoms with Crippen LogP contribution >= 0.6 is 0 Å². The summed E-state index contributed by atoms with van der Waals surface area (Å²) in [6.07, 6.45) is 4.24. The third-order valence-electron chi connectivity index (χ3n) is 8.67. The second kappa shape index (κ2) is 17.0. The van der Waals surface area contributed by atoms with Crippen LogP contribution in [0, 0.1) is 6.92 Å². The van der Waals surface area contributed by atoms with Crippen LogP contribution in [0.1, 0.15) is 61.0 Å². The number of amides is 3. The number of nitrogens with zero attached hydrogens (tertiary/aromatic N) is 3. The average Bonchev–Trinajstić information content (AvgIpc) is 3.47. The molecule has 4 unspecified atom stereocenters. The highest BCUT2D eigenvalue weighted by Gasteiger charge is 2.34. The van der Waals surface area contributed by atoms with Crippen molar-refractivity contribution in [2.45, 2.75) is 76.4 Å². The molecule has 5 rings (SSSR count). The summed E-state index contributed by atoms with van der Waals surface area (Å²) in [5.41, 5.74) is 9.01. The van der Waals surface area contributed by atoms with Crippen molar-refractivity contribution >= 4 is 53.2 Å². The van der Waals surface area contributed by atoms with E-state index < -0.39 is 24.5 Å². The summed E-state index contributed by atoms with van der Waals surface area (Å²) in [5.74, 6) is -1.27. The van der Waals surface area contributed by atoms with E-state index in [9.17, 15) is 29.4 Å². The van der Waals surface area contributed by atoms with Crippen molar-refractivity contribution in [3.63, 3.8) is 0 Å². The number of aliphatic hydroxyl groups excluding tert-OH is 1. The van der Waals surface area contributed by atoms with Crippen LogP contribution in [0.5, 0.6) is 11.5 Å². The number of carboxylic acids is 1. The molecule has 3 aromatic rings. The van der Waals surface area contributed by atoms with Crippen molar-refractivity contribution in [2.75, 3.05) is 29.5 Å². The minimum Gasteiger partial charge on any atom is -0.490 e. The number of nitrogen functional groups attached to an aromatic ring is 1. The predicted octanol–water partition coefficient (Wildman–Crippen LogP) is 4.01. The van der Waals surface area contributed by atoms with E-state index in [0.717, 1.165) is 31.2 Å². The van der Waals surface area contributed by atoms with E-state index in [2.05, 4.69) is 15.6 Å². The number of benzene rings is 2. The molecule has 3 heterocycles. The Labute approximate surface area is 295 Å². The Morgan fingerprint density at radius 2 is 1.86 bits per heavy atom. The Bertz CT molecular complexity index is 1740. The molecule has 15 nitrogen and oxygen atoms in total. The Hall–Kier alpha value is -5.41. The highest BCUT2D eigenvalue weighted by Crippen LogP contribution is 2.37. The number of hydrogen-bond acceptors (Lipinski definition) is 10. The molecule has 3 amide bonds. The van der Waals surface area contributed by atoms with Gasteiger partial charge >= 0.3 is 5.97 Å². The highest BCUT2D eigenvalue weighted by atomic mass is 16.7. The summed E-state index contributed by atoms with van der Waals surface area (Å²) in [7, 11) is 1.70. The largest absolute Gasteiger partial charge is 0.490 e. The Balaban J connectivity index is 1.22. The molecule has 0 radical (unpaired) electrons. The number of aromatic nitrogens is 1. The second-order valence-electron chi connectivity index (χ2n) is 12.7. The van der Waals surface area contributed by atoms with Crippen molar-refractivity contribution < 1.29 is 43.6 Å². The lowest BCUT2D eigenvalue weighted by Crippen LogP contribution is -2.42. The van der Waals surface area contributed by atoms with Gasteiger partial charge in [-0.15, -0.1) is 0 Å². The van der Waals surface area contributed by atoms with Crippen LogP contribution in [0.3, 0.4) is 0 Å². The summed E-state index contributed by atoms with van der Waals surface area (Å²) in [6.45, 7) is 2.62. The van der Waals surface area contributed by atoms with E-state index in [1.54, 1.807) is 71.4 Å². The number of nitrogens with one attached hydrogen (secondary N) is 2. The number of piperidine rings is 1. The van der Waals surface area contributed by atoms with Gasteiger partial charge in [0, 0.05) is 62.7 Å². The first kappa shape index (κ1) is 36.9. The van der Waals surface area contributed by atoms with Gasteiger partial charge in [-0.25, -0.2) is 4.79 Å². The molecule has 0 bridgehead atoms. The van der Waals surface area contributed by atoms with Crippen molar-refractivity contribution in [1.82, 2.24) is 9.47 Å². The summed E-state index contributed by atoms with van der Waals surface area (Å²) < 4.78 is 19.3. The monoisotopic (exact) mass is 704 g/mol. The molecule has 6 N–H and O–H groups in total. The van der Waals surface area contributed by atoms with E-state index in [4.69, 9.17) is 19.9 Å². The molecule has 2 aromatic carbocycles. The number of carboxylic acid groups (broad SMARTS) is 1. The fourth-order valence-corrected chi connectivity index (χ4v) is 5.93. The lowest BCUT2D eigenvalue weighted by Gasteiger charge is -2.31. The number of rotatable bonds is 14. The number of carbonyl (C=O) groups is 4. The number of carbonyl (C=O) groups excluding carboxylic acids is 3. The van der Waals surface area contributed by atoms with Crippen LogP contribution < -0.4 is 25.8 Å². The minimum atomic E-state index is -1.22. The number of aliphatic hydroxyl groups is 1. The van der Waals surface area contributed by atoms with Crippen LogP contribution in [0.25, 0.3) is 0 Å². The zero-order chi connectivity index (χ0) is 36.5. The maximum absolute atomic E-state index is 12.8. The topological polar surface area (TPSA) is 207 Å². The van der Waals surface area contributed by atoms with Crippen molar-refractivity contribution in [2.24, 2.45) is 12.0 Å². The normalized spacial score (nSPS) is 20.5. The number of likely N-dealkylation sites (tertiary alicyclic amines) is 1. The first-order valence-corrected chi connectivity index (χ1v) is 16.9. The molecule has 2 aliphatic heterocycles. The first-order chi connectivity index (χ1) is 24.5. The lowest BCUT2D eigenvalue weighted by atomic mass is 10.0. The zero-order valence-electron chi connectivity index (χ0n) is 28.6. The number of aliphatic carboxylic acids is 1. The Morgan fingerprint density at radius 1 is 1.08 bits per heavy atom. The van der Waals surface area contributed by atoms with Gasteiger partial charge < -0.3 is 50.3 Å². The van der Waals surface area contributed by atoms with Crippen molar-refractivity contribution in [3.8, 4) is 11.5 Å². The van der Waals surface area contributed by atoms with E-state index in [1.165, 1.54) is 0 Å². The van der Waals surface area contributed by atoms with E-state index in [1.807, 2.05) is 6.92 Å². The smallest absolute Gasteiger partial charge is 0.333 e. The van der Waals surface area contributed by atoms with Crippen LogP contribution in [0.15, 0.2) is 53.7 Å². The zero-order valence-corrected chi connectivity index (χ0v) is 28.6. The maximum atomic E-state index is 12.8. The molecule has 1 aromatic heterocycles. The molecule has 0 saturated carbocycles. The molecule has 0 aliphatic carbocycles. The summed E-state index contributed by atoms with van der Waals surface area (Å²) in [4.78, 5) is 55.1. The van der Waals surface area contributed by atoms with Gasteiger partial charge in [-0.3, -0.25) is 19.4 Å². The SMILES string of the molecule is Cc1cc(OC2CC(O)CC(C(=O)O)O2)c(OCCCC(=O)Nc2cc(C(=O)Nc3ccc(N)cc3)n(C)c2)cc1N=CC1CCCCN1C=O. The molecule has 2 aliphatic rings. The summed E-state index contributed by atoms with van der Waals surface area (Å²) in [6, 6.07) is 11.6. The summed E-state index contributed by atoms with van der Waals surface area (Å²) in [5, 5.41) is 25.3. The lowest BCUT2D eigenvalue weighted by molar-refractivity contribution is -0.195. The average molecular weight is 705 g/mol. The quantitative estimate of drug-likeness (QED) is 0.0705. The van der Waals surface area contributed by atoms with Gasteiger partial charge in [0.2, 0.25) is 18.6 Å². The highest BCUT2D eigenvalue weighted by molar-refractivity contribution is 6.04.